The van der Waals surface area contributed by atoms with Crippen LogP contribution in [0.3, 0.4) is 0 Å². The third kappa shape index (κ3) is 1.58. The van der Waals surface area contributed by atoms with Crippen LogP contribution in [0.15, 0.2) is 23.1 Å². The molecule has 0 fully saturated rings. The third-order valence-electron chi connectivity index (χ3n) is 3.15. The fourth-order valence-electron chi connectivity index (χ4n) is 2.22. The molecule has 0 bridgehead atoms. The molecule has 2 aromatic heterocycles. The van der Waals surface area contributed by atoms with E-state index in [1.807, 2.05) is 6.92 Å². The summed E-state index contributed by atoms with van der Waals surface area (Å²) in [6.07, 6.45) is 2.13. The molecule has 20 heavy (non-hydrogen) atoms. The van der Waals surface area contributed by atoms with Crippen LogP contribution in [0.5, 0.6) is 0 Å². The maximum atomic E-state index is 13.8. The number of nitro benzene ring substituents is 1. The van der Waals surface area contributed by atoms with E-state index in [2.05, 4.69) is 9.97 Å². The van der Waals surface area contributed by atoms with Gasteiger partial charge in [-0.1, -0.05) is 6.92 Å². The van der Waals surface area contributed by atoms with Crippen molar-refractivity contribution in [1.29, 1.82) is 0 Å². The summed E-state index contributed by atoms with van der Waals surface area (Å²) in [4.78, 5) is 28.3. The second-order valence-corrected chi connectivity index (χ2v) is 4.29. The highest BCUT2D eigenvalue weighted by Crippen LogP contribution is 2.24. The first-order chi connectivity index (χ1) is 9.52. The van der Waals surface area contributed by atoms with Crippen molar-refractivity contribution < 1.29 is 9.31 Å². The first-order valence-corrected chi connectivity index (χ1v) is 5.89. The molecule has 0 saturated heterocycles. The zero-order valence-electron chi connectivity index (χ0n) is 10.4. The van der Waals surface area contributed by atoms with Crippen LogP contribution < -0.4 is 5.56 Å². The zero-order valence-corrected chi connectivity index (χ0v) is 10.4. The lowest BCUT2D eigenvalue weighted by Crippen LogP contribution is -2.12. The number of hydrogen-bond donors (Lipinski definition) is 1. The maximum absolute atomic E-state index is 13.8. The molecule has 2 heterocycles. The Morgan fingerprint density at radius 1 is 1.50 bits per heavy atom. The quantitative estimate of drug-likeness (QED) is 0.570. The van der Waals surface area contributed by atoms with Crippen molar-refractivity contribution >= 4 is 22.4 Å². The molecule has 0 aliphatic rings. The highest BCUT2D eigenvalue weighted by Gasteiger charge is 2.18. The van der Waals surface area contributed by atoms with Crippen molar-refractivity contribution in [2.75, 3.05) is 0 Å². The second-order valence-electron chi connectivity index (χ2n) is 4.29. The average Bonchev–Trinajstić information content (AvgIpc) is 2.83. The van der Waals surface area contributed by atoms with Crippen molar-refractivity contribution in [3.05, 3.63) is 50.3 Å². The Labute approximate surface area is 110 Å². The number of nitrogens with one attached hydrogen (secondary N) is 1. The molecule has 7 nitrogen and oxygen atoms in total. The van der Waals surface area contributed by atoms with Gasteiger partial charge in [-0.3, -0.25) is 19.3 Å². The topological polar surface area (TPSA) is 93.3 Å². The van der Waals surface area contributed by atoms with Crippen molar-refractivity contribution in [3.63, 3.8) is 0 Å². The largest absolute Gasteiger partial charge is 0.317 e. The van der Waals surface area contributed by atoms with Gasteiger partial charge in [0.25, 0.3) is 5.56 Å². The standard InChI is InChI=1S/C12H9FN4O3/c1-2-6-5-14-11-12(18)15-8-4-9(17(19)20)7(13)3-10(8)16(6)11/h3-5H,2H2,1H3,(H,15,18). The number of aromatic nitrogens is 3. The second kappa shape index (κ2) is 4.12. The molecule has 0 atom stereocenters. The molecule has 102 valence electrons. The molecule has 0 saturated carbocycles. The number of fused-ring (bicyclic) bond motifs is 3. The van der Waals surface area contributed by atoms with Crippen LogP contribution in [0.25, 0.3) is 16.7 Å². The predicted octanol–water partition coefficient (Wildman–Crippen LogP) is 1.79. The molecule has 0 radical (unpaired) electrons. The number of aryl methyl sites for hydroxylation is 1. The number of nitrogens with zero attached hydrogens (tertiary/aromatic N) is 3. The van der Waals surface area contributed by atoms with Crippen molar-refractivity contribution in [2.45, 2.75) is 13.3 Å². The highest BCUT2D eigenvalue weighted by molar-refractivity contribution is 5.80. The van der Waals surface area contributed by atoms with Crippen LogP contribution in [0, 0.1) is 15.9 Å². The fourth-order valence-corrected chi connectivity index (χ4v) is 2.22. The Kier molecular flexibility index (Phi) is 2.53. The van der Waals surface area contributed by atoms with E-state index in [9.17, 15) is 19.3 Å². The number of nitro groups is 1. The van der Waals surface area contributed by atoms with E-state index >= 15 is 0 Å². The minimum Gasteiger partial charge on any atom is -0.317 e. The number of aromatic amines is 1. The molecule has 3 aromatic rings. The van der Waals surface area contributed by atoms with E-state index in [1.54, 1.807) is 0 Å². The first kappa shape index (κ1) is 12.3. The summed E-state index contributed by atoms with van der Waals surface area (Å²) in [5, 5.41) is 10.7. The Morgan fingerprint density at radius 2 is 2.25 bits per heavy atom. The average molecular weight is 276 g/mol. The summed E-state index contributed by atoms with van der Waals surface area (Å²) in [6, 6.07) is 2.06. The Hall–Kier alpha value is -2.77. The van der Waals surface area contributed by atoms with Crippen LogP contribution >= 0.6 is 0 Å². The van der Waals surface area contributed by atoms with Gasteiger partial charge in [0.1, 0.15) is 0 Å². The summed E-state index contributed by atoms with van der Waals surface area (Å²) in [5.74, 6) is -0.952. The number of H-pyrrole nitrogens is 1. The molecule has 8 heteroatoms. The Balaban J connectivity index is 2.54. The first-order valence-electron chi connectivity index (χ1n) is 5.89. The van der Waals surface area contributed by atoms with Gasteiger partial charge in [0, 0.05) is 24.0 Å². The lowest BCUT2D eigenvalue weighted by Gasteiger charge is -2.05. The predicted molar refractivity (Wildman–Crippen MR) is 69.3 cm³/mol. The van der Waals surface area contributed by atoms with E-state index in [0.29, 0.717) is 11.9 Å². The van der Waals surface area contributed by atoms with E-state index in [1.165, 1.54) is 10.6 Å². The molecule has 0 aliphatic heterocycles. The van der Waals surface area contributed by atoms with E-state index in [4.69, 9.17) is 0 Å². The molecular formula is C12H9FN4O3. The van der Waals surface area contributed by atoms with Crippen LogP contribution in [-0.4, -0.2) is 19.3 Å². The highest BCUT2D eigenvalue weighted by atomic mass is 19.1. The number of rotatable bonds is 2. The molecular weight excluding hydrogens is 267 g/mol. The maximum Gasteiger partial charge on any atom is 0.307 e. The smallest absolute Gasteiger partial charge is 0.307 e. The van der Waals surface area contributed by atoms with Gasteiger partial charge in [0.2, 0.25) is 11.5 Å². The van der Waals surface area contributed by atoms with Crippen molar-refractivity contribution in [3.8, 4) is 0 Å². The monoisotopic (exact) mass is 276 g/mol. The van der Waals surface area contributed by atoms with Gasteiger partial charge in [0.05, 0.1) is 16.0 Å². The lowest BCUT2D eigenvalue weighted by molar-refractivity contribution is -0.387. The van der Waals surface area contributed by atoms with Crippen molar-refractivity contribution in [2.24, 2.45) is 0 Å². The van der Waals surface area contributed by atoms with Gasteiger partial charge >= 0.3 is 5.69 Å². The SMILES string of the molecule is CCc1cnc2c(=O)[nH]c3cc([N+](=O)[O-])c(F)cc3n12. The number of hydrogen-bond acceptors (Lipinski definition) is 4. The molecule has 0 spiro atoms. The number of halogens is 1. The van der Waals surface area contributed by atoms with Gasteiger partial charge < -0.3 is 4.98 Å². The molecule has 3 rings (SSSR count). The summed E-state index contributed by atoms with van der Waals surface area (Å²) in [5.41, 5.74) is 0.260. The van der Waals surface area contributed by atoms with Gasteiger partial charge in [0.15, 0.2) is 0 Å². The summed E-state index contributed by atoms with van der Waals surface area (Å²) < 4.78 is 15.3. The van der Waals surface area contributed by atoms with E-state index in [-0.39, 0.29) is 11.2 Å². The van der Waals surface area contributed by atoms with Crippen LogP contribution in [-0.2, 0) is 6.42 Å². The van der Waals surface area contributed by atoms with Gasteiger partial charge in [-0.05, 0) is 6.42 Å². The summed E-state index contributed by atoms with van der Waals surface area (Å²) in [6.45, 7) is 1.87. The summed E-state index contributed by atoms with van der Waals surface area (Å²) >= 11 is 0. The Morgan fingerprint density at radius 3 is 2.90 bits per heavy atom. The summed E-state index contributed by atoms with van der Waals surface area (Å²) in [7, 11) is 0. The molecule has 0 unspecified atom stereocenters. The minimum atomic E-state index is -0.952. The van der Waals surface area contributed by atoms with Crippen molar-refractivity contribution in [1.82, 2.24) is 14.4 Å². The zero-order chi connectivity index (χ0) is 14.4. The lowest BCUT2D eigenvalue weighted by atomic mass is 10.2. The third-order valence-corrected chi connectivity index (χ3v) is 3.15. The molecule has 0 aliphatic carbocycles. The van der Waals surface area contributed by atoms with Gasteiger partial charge in [-0.2, -0.15) is 4.39 Å². The molecule has 1 aromatic carbocycles. The van der Waals surface area contributed by atoms with E-state index < -0.39 is 22.0 Å². The van der Waals surface area contributed by atoms with Crippen LogP contribution in [0.4, 0.5) is 10.1 Å². The number of imidazole rings is 1. The van der Waals surface area contributed by atoms with Gasteiger partial charge in [-0.25, -0.2) is 4.98 Å². The Bertz CT molecular complexity index is 912. The van der Waals surface area contributed by atoms with Gasteiger partial charge in [-0.15, -0.1) is 0 Å². The minimum absolute atomic E-state index is 0.141. The van der Waals surface area contributed by atoms with E-state index in [0.717, 1.165) is 17.8 Å². The normalized spacial score (nSPS) is 11.3. The fraction of sp³-hybridized carbons (Fsp3) is 0.167. The number of benzene rings is 1. The molecule has 0 amide bonds. The molecule has 1 N–H and O–H groups in total. The van der Waals surface area contributed by atoms with Crippen LogP contribution in [0.2, 0.25) is 0 Å². The van der Waals surface area contributed by atoms with Crippen LogP contribution in [0.1, 0.15) is 12.6 Å².